The Labute approximate surface area is 83.4 Å². The van der Waals surface area contributed by atoms with Crippen LogP contribution in [0.15, 0.2) is 0 Å². The van der Waals surface area contributed by atoms with E-state index >= 15 is 0 Å². The van der Waals surface area contributed by atoms with Crippen molar-refractivity contribution >= 4 is 11.9 Å². The first kappa shape index (κ1) is 11.0. The van der Waals surface area contributed by atoms with E-state index in [4.69, 9.17) is 5.73 Å². The maximum atomic E-state index is 11.0. The third kappa shape index (κ3) is 4.81. The Morgan fingerprint density at radius 2 is 2.14 bits per heavy atom. The number of hydrogen-bond donors (Lipinski definition) is 3. The van der Waals surface area contributed by atoms with Gasteiger partial charge in [-0.1, -0.05) is 12.8 Å². The number of primary amides is 1. The standard InChI is InChI=1S/C9H17N3O2/c1-6(4-7-2-3-7)11-5-8(13)12-9(10)14/h6-7,11H,2-5H2,1H3,(H3,10,12,13,14). The number of hydrogen-bond acceptors (Lipinski definition) is 3. The number of imide groups is 1. The zero-order valence-corrected chi connectivity index (χ0v) is 8.38. The second-order valence-corrected chi connectivity index (χ2v) is 3.87. The summed E-state index contributed by atoms with van der Waals surface area (Å²) in [7, 11) is 0. The van der Waals surface area contributed by atoms with Crippen LogP contribution < -0.4 is 16.4 Å². The summed E-state index contributed by atoms with van der Waals surface area (Å²) in [4.78, 5) is 21.3. The van der Waals surface area contributed by atoms with Gasteiger partial charge in [0.2, 0.25) is 5.91 Å². The highest BCUT2D eigenvalue weighted by Gasteiger charge is 2.23. The van der Waals surface area contributed by atoms with Gasteiger partial charge in [0.25, 0.3) is 0 Å². The maximum Gasteiger partial charge on any atom is 0.318 e. The predicted molar refractivity (Wildman–Crippen MR) is 52.5 cm³/mol. The lowest BCUT2D eigenvalue weighted by Gasteiger charge is -2.12. The summed E-state index contributed by atoms with van der Waals surface area (Å²) in [6, 6.07) is -0.479. The molecule has 1 rings (SSSR count). The summed E-state index contributed by atoms with van der Waals surface area (Å²) in [5.41, 5.74) is 4.79. The molecule has 0 aromatic carbocycles. The average Bonchev–Trinajstić information content (AvgIpc) is 2.83. The van der Waals surface area contributed by atoms with Gasteiger partial charge in [0.15, 0.2) is 0 Å². The van der Waals surface area contributed by atoms with Crippen LogP contribution in [-0.2, 0) is 4.79 Å². The van der Waals surface area contributed by atoms with Gasteiger partial charge in [-0.15, -0.1) is 0 Å². The minimum atomic E-state index is -0.799. The largest absolute Gasteiger partial charge is 0.351 e. The number of urea groups is 1. The van der Waals surface area contributed by atoms with Crippen molar-refractivity contribution in [2.75, 3.05) is 6.54 Å². The molecule has 0 radical (unpaired) electrons. The van der Waals surface area contributed by atoms with Crippen LogP contribution in [0.4, 0.5) is 4.79 Å². The summed E-state index contributed by atoms with van der Waals surface area (Å²) in [5.74, 6) is 0.455. The highest BCUT2D eigenvalue weighted by molar-refractivity contribution is 5.94. The molecule has 0 aromatic heterocycles. The minimum absolute atomic E-state index is 0.150. The van der Waals surface area contributed by atoms with Gasteiger partial charge in [0, 0.05) is 6.04 Å². The maximum absolute atomic E-state index is 11.0. The monoisotopic (exact) mass is 199 g/mol. The van der Waals surface area contributed by atoms with Crippen LogP contribution in [0.5, 0.6) is 0 Å². The van der Waals surface area contributed by atoms with E-state index in [0.29, 0.717) is 6.04 Å². The van der Waals surface area contributed by atoms with Crippen LogP contribution in [0.2, 0.25) is 0 Å². The van der Waals surface area contributed by atoms with Crippen molar-refractivity contribution in [3.8, 4) is 0 Å². The lowest BCUT2D eigenvalue weighted by Crippen LogP contribution is -2.42. The number of rotatable bonds is 5. The molecule has 5 heteroatoms. The number of carbonyl (C=O) groups is 2. The molecule has 0 spiro atoms. The van der Waals surface area contributed by atoms with E-state index in [-0.39, 0.29) is 12.5 Å². The summed E-state index contributed by atoms with van der Waals surface area (Å²) in [6.45, 7) is 2.19. The number of carbonyl (C=O) groups excluding carboxylic acids is 2. The molecule has 5 nitrogen and oxygen atoms in total. The molecule has 4 N–H and O–H groups in total. The summed E-state index contributed by atoms with van der Waals surface area (Å²) >= 11 is 0. The number of amides is 3. The van der Waals surface area contributed by atoms with Gasteiger partial charge >= 0.3 is 6.03 Å². The van der Waals surface area contributed by atoms with Crippen LogP contribution in [-0.4, -0.2) is 24.5 Å². The van der Waals surface area contributed by atoms with Crippen LogP contribution in [0.25, 0.3) is 0 Å². The third-order valence-corrected chi connectivity index (χ3v) is 2.26. The highest BCUT2D eigenvalue weighted by atomic mass is 16.2. The Bertz CT molecular complexity index is 226. The van der Waals surface area contributed by atoms with E-state index in [1.807, 2.05) is 12.2 Å². The zero-order valence-electron chi connectivity index (χ0n) is 8.38. The van der Waals surface area contributed by atoms with Crippen molar-refractivity contribution in [1.82, 2.24) is 10.6 Å². The predicted octanol–water partition coefficient (Wildman–Crippen LogP) is -0.0405. The van der Waals surface area contributed by atoms with Crippen LogP contribution in [0.1, 0.15) is 26.2 Å². The van der Waals surface area contributed by atoms with Crippen LogP contribution >= 0.6 is 0 Å². The molecule has 1 saturated carbocycles. The second-order valence-electron chi connectivity index (χ2n) is 3.87. The average molecular weight is 199 g/mol. The van der Waals surface area contributed by atoms with Gasteiger partial charge in [0.05, 0.1) is 6.54 Å². The Kier molecular flexibility index (Phi) is 3.88. The van der Waals surface area contributed by atoms with Crippen molar-refractivity contribution in [3.63, 3.8) is 0 Å². The lowest BCUT2D eigenvalue weighted by atomic mass is 10.1. The van der Waals surface area contributed by atoms with E-state index in [1.54, 1.807) is 0 Å². The number of nitrogens with two attached hydrogens (primary N) is 1. The Hall–Kier alpha value is -1.10. The van der Waals surface area contributed by atoms with Gasteiger partial charge in [-0.05, 0) is 19.3 Å². The molecule has 0 aliphatic heterocycles. The molecule has 0 heterocycles. The van der Waals surface area contributed by atoms with Crippen molar-refractivity contribution in [2.45, 2.75) is 32.2 Å². The van der Waals surface area contributed by atoms with E-state index < -0.39 is 6.03 Å². The molecule has 0 saturated heterocycles. The van der Waals surface area contributed by atoms with Crippen molar-refractivity contribution in [1.29, 1.82) is 0 Å². The fourth-order valence-corrected chi connectivity index (χ4v) is 1.39. The molecule has 0 bridgehead atoms. The van der Waals surface area contributed by atoms with E-state index in [9.17, 15) is 9.59 Å². The Balaban J connectivity index is 2.05. The van der Waals surface area contributed by atoms with Crippen molar-refractivity contribution in [2.24, 2.45) is 11.7 Å². The molecule has 1 aliphatic rings. The molecular formula is C9H17N3O2. The van der Waals surface area contributed by atoms with Crippen LogP contribution in [0.3, 0.4) is 0 Å². The first-order chi connectivity index (χ1) is 6.58. The molecule has 1 unspecified atom stereocenters. The molecule has 80 valence electrons. The molecular weight excluding hydrogens is 182 g/mol. The van der Waals surface area contributed by atoms with Gasteiger partial charge in [-0.3, -0.25) is 10.1 Å². The third-order valence-electron chi connectivity index (χ3n) is 2.26. The second kappa shape index (κ2) is 4.95. The zero-order chi connectivity index (χ0) is 10.6. The van der Waals surface area contributed by atoms with E-state index in [0.717, 1.165) is 12.3 Å². The van der Waals surface area contributed by atoms with Crippen molar-refractivity contribution in [3.05, 3.63) is 0 Å². The lowest BCUT2D eigenvalue weighted by molar-refractivity contribution is -0.119. The fourth-order valence-electron chi connectivity index (χ4n) is 1.39. The van der Waals surface area contributed by atoms with Gasteiger partial charge in [0.1, 0.15) is 0 Å². The molecule has 0 aromatic rings. The fraction of sp³-hybridized carbons (Fsp3) is 0.778. The molecule has 1 atom stereocenters. The Morgan fingerprint density at radius 3 is 2.64 bits per heavy atom. The van der Waals surface area contributed by atoms with Crippen molar-refractivity contribution < 1.29 is 9.59 Å². The van der Waals surface area contributed by atoms with E-state index in [2.05, 4.69) is 5.32 Å². The smallest absolute Gasteiger partial charge is 0.318 e. The molecule has 3 amide bonds. The minimum Gasteiger partial charge on any atom is -0.351 e. The summed E-state index contributed by atoms with van der Waals surface area (Å²) < 4.78 is 0. The molecule has 14 heavy (non-hydrogen) atoms. The Morgan fingerprint density at radius 1 is 1.50 bits per heavy atom. The normalized spacial score (nSPS) is 17.5. The van der Waals surface area contributed by atoms with Gasteiger partial charge in [-0.25, -0.2) is 4.79 Å². The quantitative estimate of drug-likeness (QED) is 0.581. The summed E-state index contributed by atoms with van der Waals surface area (Å²) in [6.07, 6.45) is 3.71. The SMILES string of the molecule is CC(CC1CC1)NCC(=O)NC(N)=O. The highest BCUT2D eigenvalue weighted by Crippen LogP contribution is 2.33. The first-order valence-electron chi connectivity index (χ1n) is 4.90. The molecule has 1 aliphatic carbocycles. The topological polar surface area (TPSA) is 84.2 Å². The summed E-state index contributed by atoms with van der Waals surface area (Å²) in [5, 5.41) is 5.04. The van der Waals surface area contributed by atoms with Gasteiger partial charge in [-0.2, -0.15) is 0 Å². The van der Waals surface area contributed by atoms with Gasteiger partial charge < -0.3 is 11.1 Å². The number of nitrogens with one attached hydrogen (secondary N) is 2. The van der Waals surface area contributed by atoms with E-state index in [1.165, 1.54) is 12.8 Å². The van der Waals surface area contributed by atoms with Crippen LogP contribution in [0, 0.1) is 5.92 Å². The molecule has 1 fully saturated rings. The first-order valence-corrected chi connectivity index (χ1v) is 4.90.